The third-order valence-electron chi connectivity index (χ3n) is 6.57. The Bertz CT molecular complexity index is 769. The van der Waals surface area contributed by atoms with E-state index in [0.717, 1.165) is 44.2 Å². The average molecular weight is 393 g/mol. The molecular formula is C25H32N2O2. The van der Waals surface area contributed by atoms with Crippen LogP contribution in [0.1, 0.15) is 36.8 Å². The molecule has 0 bridgehead atoms. The Hall–Kier alpha value is -2.04. The van der Waals surface area contributed by atoms with Gasteiger partial charge in [-0.2, -0.15) is 0 Å². The van der Waals surface area contributed by atoms with Gasteiger partial charge in [-0.15, -0.1) is 0 Å². The molecule has 4 nitrogen and oxygen atoms in total. The Balaban J connectivity index is 1.17. The fourth-order valence-corrected chi connectivity index (χ4v) is 4.94. The lowest BCUT2D eigenvalue weighted by atomic mass is 10.1. The Morgan fingerprint density at radius 3 is 1.52 bits per heavy atom. The van der Waals surface area contributed by atoms with Crippen molar-refractivity contribution in [2.45, 2.75) is 32.1 Å². The van der Waals surface area contributed by atoms with Crippen LogP contribution in [-0.4, -0.2) is 62.3 Å². The number of fused-ring (bicyclic) bond motifs is 3. The molecule has 2 heterocycles. The first-order valence-electron chi connectivity index (χ1n) is 11.3. The van der Waals surface area contributed by atoms with Crippen molar-refractivity contribution in [1.29, 1.82) is 0 Å². The van der Waals surface area contributed by atoms with Gasteiger partial charge in [0.2, 0.25) is 0 Å². The van der Waals surface area contributed by atoms with Crippen molar-refractivity contribution >= 4 is 0 Å². The number of nitrogens with zero attached hydrogens (tertiary/aromatic N) is 2. The van der Waals surface area contributed by atoms with Crippen molar-refractivity contribution < 1.29 is 9.47 Å². The molecule has 0 radical (unpaired) electrons. The smallest absolute Gasteiger partial charge is 0.119 e. The van der Waals surface area contributed by atoms with Gasteiger partial charge in [0.15, 0.2) is 0 Å². The Morgan fingerprint density at radius 1 is 0.621 bits per heavy atom. The standard InChI is InChI=1S/C25H32N2O2/c1-2-10-26(9-1)13-15-28-22-5-7-24-20(18-22)17-21-19-23(6-8-25(21)24)29-16-14-27-11-3-4-12-27/h5-8,18-19H,1-4,9-17H2. The summed E-state index contributed by atoms with van der Waals surface area (Å²) in [5, 5.41) is 0. The van der Waals surface area contributed by atoms with E-state index in [4.69, 9.17) is 9.47 Å². The maximum absolute atomic E-state index is 6.05. The van der Waals surface area contributed by atoms with Gasteiger partial charge in [-0.05, 0) is 105 Å². The van der Waals surface area contributed by atoms with Crippen molar-refractivity contribution in [3.05, 3.63) is 47.5 Å². The van der Waals surface area contributed by atoms with Gasteiger partial charge in [-0.1, -0.05) is 12.1 Å². The molecule has 2 aromatic carbocycles. The minimum absolute atomic E-state index is 0.779. The highest BCUT2D eigenvalue weighted by molar-refractivity contribution is 5.78. The molecule has 2 aliphatic heterocycles. The van der Waals surface area contributed by atoms with Gasteiger partial charge >= 0.3 is 0 Å². The summed E-state index contributed by atoms with van der Waals surface area (Å²) in [5.41, 5.74) is 5.42. The lowest BCUT2D eigenvalue weighted by Gasteiger charge is -2.15. The molecule has 2 saturated heterocycles. The number of rotatable bonds is 8. The molecule has 154 valence electrons. The van der Waals surface area contributed by atoms with Crippen molar-refractivity contribution in [1.82, 2.24) is 9.80 Å². The van der Waals surface area contributed by atoms with Crippen LogP contribution in [-0.2, 0) is 6.42 Å². The highest BCUT2D eigenvalue weighted by atomic mass is 16.5. The highest BCUT2D eigenvalue weighted by Gasteiger charge is 2.20. The van der Waals surface area contributed by atoms with Crippen LogP contribution in [0.4, 0.5) is 0 Å². The van der Waals surface area contributed by atoms with Gasteiger partial charge < -0.3 is 9.47 Å². The van der Waals surface area contributed by atoms with Crippen molar-refractivity contribution in [2.24, 2.45) is 0 Å². The molecule has 0 saturated carbocycles. The second kappa shape index (κ2) is 8.76. The van der Waals surface area contributed by atoms with E-state index in [1.54, 1.807) is 0 Å². The van der Waals surface area contributed by atoms with Crippen molar-refractivity contribution in [3.8, 4) is 22.6 Å². The third-order valence-corrected chi connectivity index (χ3v) is 6.57. The molecule has 0 N–H and O–H groups in total. The number of benzene rings is 2. The Labute approximate surface area is 174 Å². The van der Waals surface area contributed by atoms with Gasteiger partial charge in [0.05, 0.1) is 0 Å². The lowest BCUT2D eigenvalue weighted by molar-refractivity contribution is 0.237. The van der Waals surface area contributed by atoms with Crippen LogP contribution in [0.2, 0.25) is 0 Å². The van der Waals surface area contributed by atoms with Crippen LogP contribution in [0.3, 0.4) is 0 Å². The maximum Gasteiger partial charge on any atom is 0.119 e. The average Bonchev–Trinajstić information content (AvgIpc) is 3.48. The van der Waals surface area contributed by atoms with Gasteiger partial charge in [-0.3, -0.25) is 9.80 Å². The summed E-state index contributed by atoms with van der Waals surface area (Å²) in [6, 6.07) is 13.2. The molecule has 29 heavy (non-hydrogen) atoms. The van der Waals surface area contributed by atoms with Crippen molar-refractivity contribution in [2.75, 3.05) is 52.5 Å². The number of hydrogen-bond acceptors (Lipinski definition) is 4. The van der Waals surface area contributed by atoms with E-state index in [2.05, 4.69) is 46.2 Å². The summed E-state index contributed by atoms with van der Waals surface area (Å²) in [7, 11) is 0. The van der Waals surface area contributed by atoms with Crippen LogP contribution in [0.15, 0.2) is 36.4 Å². The summed E-state index contributed by atoms with van der Waals surface area (Å²) in [6.07, 6.45) is 6.31. The minimum atomic E-state index is 0.779. The number of likely N-dealkylation sites (tertiary alicyclic amines) is 2. The zero-order chi connectivity index (χ0) is 19.5. The topological polar surface area (TPSA) is 24.9 Å². The summed E-state index contributed by atoms with van der Waals surface area (Å²) in [5.74, 6) is 2.00. The SMILES string of the molecule is c1cc2c(cc1OCCN1CCCC1)Cc1cc(OCCN3CCCC3)ccc1-2. The maximum atomic E-state index is 6.05. The Morgan fingerprint density at radius 2 is 1.07 bits per heavy atom. The van der Waals surface area contributed by atoms with E-state index in [-0.39, 0.29) is 0 Å². The predicted octanol–water partition coefficient (Wildman–Crippen LogP) is 4.21. The molecule has 2 fully saturated rings. The molecular weight excluding hydrogens is 360 g/mol. The molecule has 0 amide bonds. The van der Waals surface area contributed by atoms with Gasteiger partial charge in [0, 0.05) is 13.1 Å². The molecule has 0 aromatic heterocycles. The zero-order valence-electron chi connectivity index (χ0n) is 17.4. The minimum Gasteiger partial charge on any atom is -0.492 e. The van der Waals surface area contributed by atoms with Crippen LogP contribution >= 0.6 is 0 Å². The molecule has 0 atom stereocenters. The van der Waals surface area contributed by atoms with E-state index >= 15 is 0 Å². The van der Waals surface area contributed by atoms with E-state index < -0.39 is 0 Å². The van der Waals surface area contributed by atoms with Gasteiger partial charge in [0.1, 0.15) is 24.7 Å². The van der Waals surface area contributed by atoms with Crippen LogP contribution < -0.4 is 9.47 Å². The molecule has 3 aliphatic rings. The molecule has 1 aliphatic carbocycles. The lowest BCUT2D eigenvalue weighted by Crippen LogP contribution is -2.25. The first-order valence-corrected chi connectivity index (χ1v) is 11.3. The molecule has 0 unspecified atom stereocenters. The molecule has 2 aromatic rings. The van der Waals surface area contributed by atoms with Crippen LogP contribution in [0.5, 0.6) is 11.5 Å². The largest absolute Gasteiger partial charge is 0.492 e. The number of hydrogen-bond donors (Lipinski definition) is 0. The highest BCUT2D eigenvalue weighted by Crippen LogP contribution is 2.39. The summed E-state index contributed by atoms with van der Waals surface area (Å²) < 4.78 is 12.1. The van der Waals surface area contributed by atoms with Crippen LogP contribution in [0, 0.1) is 0 Å². The van der Waals surface area contributed by atoms with Crippen molar-refractivity contribution in [3.63, 3.8) is 0 Å². The predicted molar refractivity (Wildman–Crippen MR) is 117 cm³/mol. The van der Waals surface area contributed by atoms with Crippen LogP contribution in [0.25, 0.3) is 11.1 Å². The molecule has 4 heteroatoms. The van der Waals surface area contributed by atoms with E-state index in [9.17, 15) is 0 Å². The second-order valence-electron chi connectivity index (χ2n) is 8.61. The first-order chi connectivity index (χ1) is 14.3. The van der Waals surface area contributed by atoms with E-state index in [0.29, 0.717) is 0 Å². The monoisotopic (exact) mass is 392 g/mol. The molecule has 0 spiro atoms. The van der Waals surface area contributed by atoms with E-state index in [1.807, 2.05) is 0 Å². The van der Waals surface area contributed by atoms with E-state index in [1.165, 1.54) is 74.1 Å². The fourth-order valence-electron chi connectivity index (χ4n) is 4.94. The summed E-state index contributed by atoms with van der Waals surface area (Å²) >= 11 is 0. The quantitative estimate of drug-likeness (QED) is 0.573. The zero-order valence-corrected chi connectivity index (χ0v) is 17.4. The molecule has 5 rings (SSSR count). The summed E-state index contributed by atoms with van der Waals surface area (Å²) in [6.45, 7) is 8.54. The Kier molecular flexibility index (Phi) is 5.73. The van der Waals surface area contributed by atoms with Gasteiger partial charge in [-0.25, -0.2) is 0 Å². The fraction of sp³-hybridized carbons (Fsp3) is 0.520. The first kappa shape index (κ1) is 19.0. The normalized spacial score (nSPS) is 18.8. The third kappa shape index (κ3) is 4.44. The second-order valence-corrected chi connectivity index (χ2v) is 8.61. The number of ether oxygens (including phenoxy) is 2. The van der Waals surface area contributed by atoms with Gasteiger partial charge in [0.25, 0.3) is 0 Å². The summed E-state index contributed by atoms with van der Waals surface area (Å²) in [4.78, 5) is 4.99.